The van der Waals surface area contributed by atoms with Gasteiger partial charge in [0.25, 0.3) is 0 Å². The molecule has 7 nitrogen and oxygen atoms in total. The molecule has 0 aliphatic rings. The van der Waals surface area contributed by atoms with Crippen LogP contribution in [0.2, 0.25) is 0 Å². The highest BCUT2D eigenvalue weighted by Crippen LogP contribution is 2.11. The number of nitrogens with zero attached hydrogens (tertiary/aromatic N) is 4. The summed E-state index contributed by atoms with van der Waals surface area (Å²) in [6.07, 6.45) is 3.86. The Morgan fingerprint density at radius 2 is 1.90 bits per heavy atom. The van der Waals surface area contributed by atoms with Gasteiger partial charge in [-0.1, -0.05) is 36.1 Å². The zero-order valence-corrected chi connectivity index (χ0v) is 11.8. The second kappa shape index (κ2) is 7.98. The van der Waals surface area contributed by atoms with Crippen molar-refractivity contribution in [2.45, 2.75) is 32.1 Å². The highest BCUT2D eigenvalue weighted by molar-refractivity contribution is 5.66. The minimum atomic E-state index is -0.727. The van der Waals surface area contributed by atoms with Crippen LogP contribution in [0.25, 0.3) is 5.69 Å². The molecule has 0 aliphatic carbocycles. The summed E-state index contributed by atoms with van der Waals surface area (Å²) < 4.78 is 1.66. The van der Waals surface area contributed by atoms with Crippen molar-refractivity contribution in [3.05, 3.63) is 30.3 Å². The molecule has 7 heteroatoms. The van der Waals surface area contributed by atoms with Crippen molar-refractivity contribution in [3.63, 3.8) is 0 Å². The van der Waals surface area contributed by atoms with Crippen LogP contribution in [0.1, 0.15) is 32.1 Å². The molecule has 21 heavy (non-hydrogen) atoms. The number of anilines is 1. The fourth-order valence-corrected chi connectivity index (χ4v) is 2.00. The Morgan fingerprint density at radius 1 is 1.14 bits per heavy atom. The van der Waals surface area contributed by atoms with Gasteiger partial charge in [0.1, 0.15) is 0 Å². The molecule has 0 fully saturated rings. The van der Waals surface area contributed by atoms with E-state index in [9.17, 15) is 4.79 Å². The van der Waals surface area contributed by atoms with Gasteiger partial charge in [-0.05, 0) is 35.4 Å². The minimum absolute atomic E-state index is 0.250. The summed E-state index contributed by atoms with van der Waals surface area (Å²) in [4.78, 5) is 10.4. The lowest BCUT2D eigenvalue weighted by atomic mass is 10.1. The molecule has 2 N–H and O–H groups in total. The summed E-state index contributed by atoms with van der Waals surface area (Å²) in [6.45, 7) is 0.764. The molecule has 2 rings (SSSR count). The fraction of sp³-hybridized carbons (Fsp3) is 0.429. The number of benzene rings is 1. The van der Waals surface area contributed by atoms with Gasteiger partial charge in [-0.25, -0.2) is 0 Å². The lowest BCUT2D eigenvalue weighted by Crippen LogP contribution is -2.08. The Balaban J connectivity index is 1.72. The van der Waals surface area contributed by atoms with Crippen LogP contribution in [-0.2, 0) is 4.79 Å². The SMILES string of the molecule is O=C(O)CCCCCCNc1nnnn1-c1ccccc1. The molecule has 0 saturated carbocycles. The van der Waals surface area contributed by atoms with E-state index in [4.69, 9.17) is 5.11 Å². The first-order chi connectivity index (χ1) is 10.3. The zero-order chi connectivity index (χ0) is 14.9. The summed E-state index contributed by atoms with van der Waals surface area (Å²) in [5.41, 5.74) is 0.909. The maximum absolute atomic E-state index is 10.4. The number of para-hydroxylation sites is 1. The first-order valence-corrected chi connectivity index (χ1v) is 7.07. The average molecular weight is 289 g/mol. The molecule has 0 bridgehead atoms. The van der Waals surface area contributed by atoms with Gasteiger partial charge in [0.05, 0.1) is 5.69 Å². The third-order valence-electron chi connectivity index (χ3n) is 3.07. The Morgan fingerprint density at radius 3 is 2.67 bits per heavy atom. The van der Waals surface area contributed by atoms with E-state index < -0.39 is 5.97 Å². The van der Waals surface area contributed by atoms with Gasteiger partial charge in [-0.3, -0.25) is 4.79 Å². The first-order valence-electron chi connectivity index (χ1n) is 7.07. The number of nitrogens with one attached hydrogen (secondary N) is 1. The normalized spacial score (nSPS) is 10.5. The van der Waals surface area contributed by atoms with Crippen LogP contribution in [0.4, 0.5) is 5.95 Å². The predicted molar refractivity (Wildman–Crippen MR) is 78.4 cm³/mol. The van der Waals surface area contributed by atoms with Gasteiger partial charge in [0, 0.05) is 13.0 Å². The molecule has 0 unspecified atom stereocenters. The Hall–Kier alpha value is -2.44. The van der Waals surface area contributed by atoms with Crippen LogP contribution < -0.4 is 5.32 Å². The van der Waals surface area contributed by atoms with Crippen LogP contribution in [0.15, 0.2) is 30.3 Å². The molecule has 0 atom stereocenters. The fourth-order valence-electron chi connectivity index (χ4n) is 2.00. The Bertz CT molecular complexity index is 556. The average Bonchev–Trinajstić information content (AvgIpc) is 2.95. The van der Waals surface area contributed by atoms with Gasteiger partial charge in [0.2, 0.25) is 5.95 Å². The molecule has 1 aromatic heterocycles. The van der Waals surface area contributed by atoms with Crippen LogP contribution in [0, 0.1) is 0 Å². The number of aliphatic carboxylic acids is 1. The topological polar surface area (TPSA) is 92.9 Å². The summed E-state index contributed by atoms with van der Waals surface area (Å²) >= 11 is 0. The second-order valence-corrected chi connectivity index (χ2v) is 4.73. The summed E-state index contributed by atoms with van der Waals surface area (Å²) in [6, 6.07) is 9.69. The molecule has 2 aromatic rings. The number of tetrazole rings is 1. The van der Waals surface area contributed by atoms with E-state index >= 15 is 0 Å². The third-order valence-corrected chi connectivity index (χ3v) is 3.07. The number of hydrogen-bond donors (Lipinski definition) is 2. The largest absolute Gasteiger partial charge is 0.481 e. The van der Waals surface area contributed by atoms with Crippen molar-refractivity contribution in [1.29, 1.82) is 0 Å². The number of carboxylic acids is 1. The first kappa shape index (κ1) is 15.0. The minimum Gasteiger partial charge on any atom is -0.481 e. The molecule has 0 spiro atoms. The Kier molecular flexibility index (Phi) is 5.69. The molecule has 112 valence electrons. The van der Waals surface area contributed by atoms with Crippen LogP contribution in [-0.4, -0.2) is 37.8 Å². The third kappa shape index (κ3) is 4.87. The lowest BCUT2D eigenvalue weighted by Gasteiger charge is -2.06. The highest BCUT2D eigenvalue weighted by atomic mass is 16.4. The van der Waals surface area contributed by atoms with Crippen molar-refractivity contribution in [2.24, 2.45) is 0 Å². The summed E-state index contributed by atoms with van der Waals surface area (Å²) in [5, 5.41) is 23.4. The molecule has 0 amide bonds. The van der Waals surface area contributed by atoms with E-state index in [2.05, 4.69) is 20.8 Å². The van der Waals surface area contributed by atoms with Crippen molar-refractivity contribution >= 4 is 11.9 Å². The quantitative estimate of drug-likeness (QED) is 0.687. The number of rotatable bonds is 9. The van der Waals surface area contributed by atoms with Crippen LogP contribution in [0.3, 0.4) is 0 Å². The van der Waals surface area contributed by atoms with E-state index in [1.54, 1.807) is 4.68 Å². The van der Waals surface area contributed by atoms with E-state index in [0.29, 0.717) is 5.95 Å². The monoisotopic (exact) mass is 289 g/mol. The number of carbonyl (C=O) groups is 1. The van der Waals surface area contributed by atoms with Crippen molar-refractivity contribution < 1.29 is 9.90 Å². The van der Waals surface area contributed by atoms with E-state index in [0.717, 1.165) is 37.9 Å². The van der Waals surface area contributed by atoms with E-state index in [1.807, 2.05) is 30.3 Å². The zero-order valence-electron chi connectivity index (χ0n) is 11.8. The smallest absolute Gasteiger partial charge is 0.303 e. The van der Waals surface area contributed by atoms with Crippen LogP contribution >= 0.6 is 0 Å². The maximum atomic E-state index is 10.4. The Labute approximate surface area is 123 Å². The molecular weight excluding hydrogens is 270 g/mol. The molecule has 0 saturated heterocycles. The standard InChI is InChI=1S/C14H19N5O2/c20-13(21)10-6-1-2-7-11-15-14-16-17-18-19(14)12-8-4-3-5-9-12/h3-5,8-9H,1-2,6-7,10-11H2,(H,20,21)(H,15,16,18). The van der Waals surface area contributed by atoms with Crippen LogP contribution in [0.5, 0.6) is 0 Å². The second-order valence-electron chi connectivity index (χ2n) is 4.73. The van der Waals surface area contributed by atoms with E-state index in [1.165, 1.54) is 0 Å². The predicted octanol–water partition coefficient (Wildman–Crippen LogP) is 2.11. The molecule has 0 aliphatic heterocycles. The van der Waals surface area contributed by atoms with Gasteiger partial charge >= 0.3 is 5.97 Å². The number of carboxylic acid groups (broad SMARTS) is 1. The van der Waals surface area contributed by atoms with Gasteiger partial charge in [-0.2, -0.15) is 4.68 Å². The van der Waals surface area contributed by atoms with E-state index in [-0.39, 0.29) is 6.42 Å². The summed E-state index contributed by atoms with van der Waals surface area (Å²) in [7, 11) is 0. The van der Waals surface area contributed by atoms with Crippen molar-refractivity contribution in [3.8, 4) is 5.69 Å². The van der Waals surface area contributed by atoms with Crippen molar-refractivity contribution in [1.82, 2.24) is 20.2 Å². The number of unbranched alkanes of at least 4 members (excludes halogenated alkanes) is 3. The van der Waals surface area contributed by atoms with Gasteiger partial charge < -0.3 is 10.4 Å². The summed E-state index contributed by atoms with van der Waals surface area (Å²) in [5.74, 6) is -0.109. The molecule has 1 aromatic carbocycles. The number of aromatic nitrogens is 4. The number of hydrogen-bond acceptors (Lipinski definition) is 5. The van der Waals surface area contributed by atoms with Crippen molar-refractivity contribution in [2.75, 3.05) is 11.9 Å². The van der Waals surface area contributed by atoms with Gasteiger partial charge in [0.15, 0.2) is 0 Å². The lowest BCUT2D eigenvalue weighted by molar-refractivity contribution is -0.137. The molecule has 1 heterocycles. The molecule has 0 radical (unpaired) electrons. The molecular formula is C14H19N5O2. The highest BCUT2D eigenvalue weighted by Gasteiger charge is 2.06. The van der Waals surface area contributed by atoms with Gasteiger partial charge in [-0.15, -0.1) is 0 Å². The maximum Gasteiger partial charge on any atom is 0.303 e.